The quantitative estimate of drug-likeness (QED) is 0.862. The highest BCUT2D eigenvalue weighted by atomic mass is 35.5. The maximum Gasteiger partial charge on any atom is 0.331 e. The first-order chi connectivity index (χ1) is 10.1. The van der Waals surface area contributed by atoms with Crippen molar-refractivity contribution in [2.45, 2.75) is 19.4 Å². The Labute approximate surface area is 128 Å². The van der Waals surface area contributed by atoms with Crippen molar-refractivity contribution in [3.8, 4) is 0 Å². The molecule has 2 fully saturated rings. The average molecular weight is 309 g/mol. The number of amides is 3. The number of nitrogens with zero attached hydrogens (tertiary/aromatic N) is 2. The van der Waals surface area contributed by atoms with Crippen molar-refractivity contribution in [2.24, 2.45) is 5.92 Å². The van der Waals surface area contributed by atoms with Gasteiger partial charge in [-0.3, -0.25) is 4.79 Å². The molecule has 0 spiro atoms. The summed E-state index contributed by atoms with van der Waals surface area (Å²) in [6, 6.07) is 6.46. The highest BCUT2D eigenvalue weighted by molar-refractivity contribution is 6.35. The second kappa shape index (κ2) is 5.66. The molecule has 0 aliphatic carbocycles. The SMILES string of the molecule is CCCN1C(=O)N(c2ccccc2Cl)C(=O)C2COCC21. The zero-order valence-electron chi connectivity index (χ0n) is 11.8. The molecule has 0 bridgehead atoms. The second-order valence-corrected chi connectivity index (χ2v) is 5.72. The number of benzene rings is 1. The van der Waals surface area contributed by atoms with Crippen LogP contribution in [0.15, 0.2) is 24.3 Å². The predicted molar refractivity (Wildman–Crippen MR) is 79.4 cm³/mol. The van der Waals surface area contributed by atoms with Gasteiger partial charge in [-0.25, -0.2) is 9.69 Å². The van der Waals surface area contributed by atoms with Crippen LogP contribution in [0.25, 0.3) is 0 Å². The number of carbonyl (C=O) groups excluding carboxylic acids is 2. The van der Waals surface area contributed by atoms with Gasteiger partial charge in [-0.2, -0.15) is 0 Å². The van der Waals surface area contributed by atoms with Crippen molar-refractivity contribution in [1.29, 1.82) is 0 Å². The zero-order valence-corrected chi connectivity index (χ0v) is 12.5. The van der Waals surface area contributed by atoms with Gasteiger partial charge in [-0.05, 0) is 18.6 Å². The summed E-state index contributed by atoms with van der Waals surface area (Å²) in [6.07, 6.45) is 0.833. The summed E-state index contributed by atoms with van der Waals surface area (Å²) in [6.45, 7) is 3.41. The number of fused-ring (bicyclic) bond motifs is 1. The molecule has 0 aromatic heterocycles. The molecule has 2 saturated heterocycles. The average Bonchev–Trinajstić information content (AvgIpc) is 2.95. The van der Waals surface area contributed by atoms with E-state index in [4.69, 9.17) is 16.3 Å². The van der Waals surface area contributed by atoms with Crippen LogP contribution >= 0.6 is 11.6 Å². The number of rotatable bonds is 3. The Morgan fingerprint density at radius 3 is 2.76 bits per heavy atom. The highest BCUT2D eigenvalue weighted by Crippen LogP contribution is 2.34. The van der Waals surface area contributed by atoms with Crippen LogP contribution in [-0.2, 0) is 9.53 Å². The maximum atomic E-state index is 12.7. The topological polar surface area (TPSA) is 49.9 Å². The molecule has 6 heteroatoms. The third-order valence-electron chi connectivity index (χ3n) is 3.98. The van der Waals surface area contributed by atoms with Crippen molar-refractivity contribution in [1.82, 2.24) is 4.90 Å². The zero-order chi connectivity index (χ0) is 15.0. The molecular formula is C15H17ClN2O3. The number of carbonyl (C=O) groups is 2. The summed E-state index contributed by atoms with van der Waals surface area (Å²) in [7, 11) is 0. The molecule has 2 aliphatic heterocycles. The first kappa shape index (κ1) is 14.4. The smallest absolute Gasteiger partial charge is 0.331 e. The fourth-order valence-corrected chi connectivity index (χ4v) is 3.19. The summed E-state index contributed by atoms with van der Waals surface area (Å²) in [5.74, 6) is -0.520. The molecule has 0 saturated carbocycles. The van der Waals surface area contributed by atoms with Crippen LogP contribution in [0.1, 0.15) is 13.3 Å². The van der Waals surface area contributed by atoms with Crippen molar-refractivity contribution in [3.05, 3.63) is 29.3 Å². The molecule has 2 atom stereocenters. The van der Waals surface area contributed by atoms with Crippen LogP contribution in [0.3, 0.4) is 0 Å². The van der Waals surface area contributed by atoms with Gasteiger partial charge < -0.3 is 9.64 Å². The van der Waals surface area contributed by atoms with Gasteiger partial charge in [0.15, 0.2) is 0 Å². The Morgan fingerprint density at radius 2 is 2.05 bits per heavy atom. The van der Waals surface area contributed by atoms with Gasteiger partial charge in [-0.15, -0.1) is 0 Å². The van der Waals surface area contributed by atoms with Gasteiger partial charge in [0.25, 0.3) is 0 Å². The molecule has 21 heavy (non-hydrogen) atoms. The Kier molecular flexibility index (Phi) is 3.87. The molecule has 112 valence electrons. The van der Waals surface area contributed by atoms with Crippen LogP contribution in [0, 0.1) is 5.92 Å². The van der Waals surface area contributed by atoms with Crippen LogP contribution in [0.4, 0.5) is 10.5 Å². The summed E-state index contributed by atoms with van der Waals surface area (Å²) >= 11 is 6.16. The maximum absolute atomic E-state index is 12.7. The molecular weight excluding hydrogens is 292 g/mol. The van der Waals surface area contributed by atoms with E-state index in [1.54, 1.807) is 29.2 Å². The molecule has 1 aromatic rings. The van der Waals surface area contributed by atoms with E-state index in [1.807, 2.05) is 6.92 Å². The van der Waals surface area contributed by atoms with E-state index >= 15 is 0 Å². The monoisotopic (exact) mass is 308 g/mol. The lowest BCUT2D eigenvalue weighted by molar-refractivity contribution is -0.124. The van der Waals surface area contributed by atoms with Crippen molar-refractivity contribution >= 4 is 29.2 Å². The fraction of sp³-hybridized carbons (Fsp3) is 0.467. The van der Waals surface area contributed by atoms with E-state index in [-0.39, 0.29) is 23.9 Å². The van der Waals surface area contributed by atoms with Gasteiger partial charge in [0.2, 0.25) is 5.91 Å². The molecule has 0 N–H and O–H groups in total. The molecule has 2 heterocycles. The number of imide groups is 1. The molecule has 1 aromatic carbocycles. The van der Waals surface area contributed by atoms with E-state index in [0.717, 1.165) is 6.42 Å². The molecule has 2 aliphatic rings. The number of hydrogen-bond donors (Lipinski definition) is 0. The van der Waals surface area contributed by atoms with Gasteiger partial charge in [-0.1, -0.05) is 30.7 Å². The minimum absolute atomic E-state index is 0.149. The van der Waals surface area contributed by atoms with Crippen LogP contribution in [-0.4, -0.2) is 42.6 Å². The van der Waals surface area contributed by atoms with Crippen LogP contribution in [0.2, 0.25) is 5.02 Å². The lowest BCUT2D eigenvalue weighted by Gasteiger charge is -2.41. The molecule has 5 nitrogen and oxygen atoms in total. The molecule has 3 rings (SSSR count). The van der Waals surface area contributed by atoms with Gasteiger partial charge in [0.05, 0.1) is 35.9 Å². The third kappa shape index (κ3) is 2.30. The third-order valence-corrected chi connectivity index (χ3v) is 4.30. The van der Waals surface area contributed by atoms with E-state index < -0.39 is 0 Å². The normalized spacial score (nSPS) is 25.4. The minimum Gasteiger partial charge on any atom is -0.378 e. The van der Waals surface area contributed by atoms with E-state index in [9.17, 15) is 9.59 Å². The largest absolute Gasteiger partial charge is 0.378 e. The lowest BCUT2D eigenvalue weighted by atomic mass is 9.97. The number of halogens is 1. The summed E-state index contributed by atoms with van der Waals surface area (Å²) in [5, 5.41) is 0.396. The Morgan fingerprint density at radius 1 is 1.29 bits per heavy atom. The predicted octanol–water partition coefficient (Wildman–Crippen LogP) is 2.53. The van der Waals surface area contributed by atoms with Gasteiger partial charge >= 0.3 is 6.03 Å². The number of para-hydroxylation sites is 1. The first-order valence-corrected chi connectivity index (χ1v) is 7.49. The van der Waals surface area contributed by atoms with Crippen LogP contribution < -0.4 is 4.90 Å². The van der Waals surface area contributed by atoms with E-state index in [0.29, 0.717) is 30.5 Å². The number of ether oxygens (including phenoxy) is 1. The Bertz CT molecular complexity index is 578. The summed E-state index contributed by atoms with van der Waals surface area (Å²) < 4.78 is 5.43. The van der Waals surface area contributed by atoms with E-state index in [1.165, 1.54) is 4.90 Å². The summed E-state index contributed by atoms with van der Waals surface area (Å²) in [5.41, 5.74) is 0.445. The second-order valence-electron chi connectivity index (χ2n) is 5.31. The summed E-state index contributed by atoms with van der Waals surface area (Å²) in [4.78, 5) is 28.3. The highest BCUT2D eigenvalue weighted by Gasteiger charge is 2.49. The first-order valence-electron chi connectivity index (χ1n) is 7.12. The molecule has 2 unspecified atom stereocenters. The van der Waals surface area contributed by atoms with E-state index in [2.05, 4.69) is 0 Å². The van der Waals surface area contributed by atoms with Crippen molar-refractivity contribution < 1.29 is 14.3 Å². The van der Waals surface area contributed by atoms with Gasteiger partial charge in [0.1, 0.15) is 0 Å². The Hall–Kier alpha value is -1.59. The Balaban J connectivity index is 2.01. The number of anilines is 1. The number of hydrogen-bond acceptors (Lipinski definition) is 3. The number of urea groups is 1. The standard InChI is InChI=1S/C15H17ClN2O3/c1-2-7-17-13-9-21-8-10(13)14(19)18(15(17)20)12-6-4-3-5-11(12)16/h3-6,10,13H,2,7-9H2,1H3. The van der Waals surface area contributed by atoms with Gasteiger partial charge in [0, 0.05) is 6.54 Å². The fourth-order valence-electron chi connectivity index (χ4n) is 2.97. The van der Waals surface area contributed by atoms with Crippen molar-refractivity contribution in [3.63, 3.8) is 0 Å². The minimum atomic E-state index is -0.304. The molecule has 3 amide bonds. The van der Waals surface area contributed by atoms with Crippen molar-refractivity contribution in [2.75, 3.05) is 24.7 Å². The lowest BCUT2D eigenvalue weighted by Crippen LogP contribution is -2.62. The molecule has 0 radical (unpaired) electrons. The van der Waals surface area contributed by atoms with Crippen LogP contribution in [0.5, 0.6) is 0 Å².